The Morgan fingerprint density at radius 2 is 1.74 bits per heavy atom. The molecule has 1 atom stereocenters. The lowest BCUT2D eigenvalue weighted by molar-refractivity contribution is -0.145. The van der Waals surface area contributed by atoms with E-state index in [0.29, 0.717) is 37.5 Å². The minimum atomic E-state index is -4.55. The molecule has 2 aliphatic rings. The molecular formula is C31H42ClF2N3O5S. The normalized spacial score (nSPS) is 17.9. The smallest absolute Gasteiger partial charge is 0.298 e. The molecule has 1 aliphatic heterocycles. The summed E-state index contributed by atoms with van der Waals surface area (Å²) >= 11 is 6.19. The lowest BCUT2D eigenvalue weighted by atomic mass is 9.90. The maximum atomic E-state index is 16.3. The highest BCUT2D eigenvalue weighted by Crippen LogP contribution is 2.38. The van der Waals surface area contributed by atoms with Crippen LogP contribution in [0, 0.1) is 5.92 Å². The summed E-state index contributed by atoms with van der Waals surface area (Å²) in [4.78, 5) is 14.6. The van der Waals surface area contributed by atoms with Crippen LogP contribution in [0.2, 0.25) is 5.02 Å². The molecule has 0 bridgehead atoms. The van der Waals surface area contributed by atoms with Crippen molar-refractivity contribution in [3.05, 3.63) is 53.1 Å². The molecule has 0 aromatic heterocycles. The maximum absolute atomic E-state index is 16.3. The summed E-state index contributed by atoms with van der Waals surface area (Å²) in [6.45, 7) is 3.07. The first-order valence-corrected chi connectivity index (χ1v) is 17.0. The third-order valence-electron chi connectivity index (χ3n) is 8.15. The monoisotopic (exact) mass is 641 g/mol. The number of benzene rings is 2. The van der Waals surface area contributed by atoms with E-state index in [-0.39, 0.29) is 41.4 Å². The van der Waals surface area contributed by atoms with Crippen LogP contribution in [0.3, 0.4) is 0 Å². The highest BCUT2D eigenvalue weighted by Gasteiger charge is 2.50. The van der Waals surface area contributed by atoms with Crippen molar-refractivity contribution in [2.75, 3.05) is 26.3 Å². The Hall–Kier alpha value is -2.47. The van der Waals surface area contributed by atoms with Gasteiger partial charge in [0.15, 0.2) is 6.04 Å². The van der Waals surface area contributed by atoms with Gasteiger partial charge in [-0.05, 0) is 74.4 Å². The minimum absolute atomic E-state index is 0.0362. The summed E-state index contributed by atoms with van der Waals surface area (Å²) in [5.41, 5.74) is 5.36. The van der Waals surface area contributed by atoms with Crippen molar-refractivity contribution in [3.63, 3.8) is 0 Å². The molecule has 0 radical (unpaired) electrons. The molecule has 3 N–H and O–H groups in total. The van der Waals surface area contributed by atoms with Gasteiger partial charge in [0.2, 0.25) is 15.9 Å². The second-order valence-electron chi connectivity index (χ2n) is 11.5. The fourth-order valence-corrected chi connectivity index (χ4v) is 6.76. The van der Waals surface area contributed by atoms with Gasteiger partial charge in [0.05, 0.1) is 23.1 Å². The quantitative estimate of drug-likeness (QED) is 0.265. The van der Waals surface area contributed by atoms with Gasteiger partial charge in [0.1, 0.15) is 11.5 Å². The highest BCUT2D eigenvalue weighted by molar-refractivity contribution is 7.89. The summed E-state index contributed by atoms with van der Waals surface area (Å²) < 4.78 is 72.9. The molecule has 2 aromatic carbocycles. The standard InChI is InChI=1S/C31H42ClF2N3O5S/c1-2-3-19-41-28-20-23(9-14-27(28)32)31(33,34)29(30(38)37-17-15-24(35)16-18-37)36-43(39,40)26-12-10-25(11-13-26)42-21-22-7-5-4-6-8-22/h9-14,20,22,24,29,36H,2-8,15-19,21,35H2,1H3/t29-/m0/s1. The zero-order valence-electron chi connectivity index (χ0n) is 24.6. The number of halogens is 3. The van der Waals surface area contributed by atoms with Crippen LogP contribution in [0.5, 0.6) is 11.5 Å². The summed E-state index contributed by atoms with van der Waals surface area (Å²) in [5, 5.41) is 0.134. The fraction of sp³-hybridized carbons (Fsp3) is 0.581. The Labute approximate surface area is 258 Å². The molecule has 238 valence electrons. The Balaban J connectivity index is 1.57. The molecule has 8 nitrogen and oxygen atoms in total. The molecule has 2 fully saturated rings. The molecule has 43 heavy (non-hydrogen) atoms. The Morgan fingerprint density at radius 3 is 2.40 bits per heavy atom. The van der Waals surface area contributed by atoms with Crippen molar-refractivity contribution >= 4 is 27.5 Å². The number of nitrogens with zero attached hydrogens (tertiary/aromatic N) is 1. The second-order valence-corrected chi connectivity index (χ2v) is 13.6. The van der Waals surface area contributed by atoms with Crippen molar-refractivity contribution in [2.45, 2.75) is 87.6 Å². The van der Waals surface area contributed by atoms with Crippen molar-refractivity contribution < 1.29 is 31.5 Å². The lowest BCUT2D eigenvalue weighted by Crippen LogP contribution is -2.58. The number of likely N-dealkylation sites (tertiary alicyclic amines) is 1. The maximum Gasteiger partial charge on any atom is 0.298 e. The molecule has 2 aromatic rings. The first-order chi connectivity index (χ1) is 20.5. The van der Waals surface area contributed by atoms with E-state index >= 15 is 8.78 Å². The third-order valence-corrected chi connectivity index (χ3v) is 9.90. The average Bonchev–Trinajstić information content (AvgIpc) is 3.00. The van der Waals surface area contributed by atoms with E-state index in [1.54, 1.807) is 0 Å². The number of piperidine rings is 1. The number of amides is 1. The topological polar surface area (TPSA) is 111 Å². The first-order valence-electron chi connectivity index (χ1n) is 15.1. The van der Waals surface area contributed by atoms with Crippen molar-refractivity contribution in [3.8, 4) is 11.5 Å². The van der Waals surface area contributed by atoms with Gasteiger partial charge in [0, 0.05) is 24.7 Å². The predicted octanol–water partition coefficient (Wildman–Crippen LogP) is 5.87. The molecule has 12 heteroatoms. The van der Waals surface area contributed by atoms with Gasteiger partial charge in [-0.2, -0.15) is 13.5 Å². The van der Waals surface area contributed by atoms with Gasteiger partial charge < -0.3 is 20.1 Å². The number of hydrogen-bond acceptors (Lipinski definition) is 6. The predicted molar refractivity (Wildman–Crippen MR) is 162 cm³/mol. The van der Waals surface area contributed by atoms with Crippen LogP contribution in [-0.4, -0.2) is 57.6 Å². The van der Waals surface area contributed by atoms with Gasteiger partial charge >= 0.3 is 0 Å². The Morgan fingerprint density at radius 1 is 1.07 bits per heavy atom. The third kappa shape index (κ3) is 8.80. The fourth-order valence-electron chi connectivity index (χ4n) is 5.40. The van der Waals surface area contributed by atoms with Gasteiger partial charge in [-0.15, -0.1) is 0 Å². The van der Waals surface area contributed by atoms with Gasteiger partial charge in [-0.3, -0.25) is 4.79 Å². The van der Waals surface area contributed by atoms with E-state index in [9.17, 15) is 13.2 Å². The summed E-state index contributed by atoms with van der Waals surface area (Å²) in [7, 11) is -4.55. The van der Waals surface area contributed by atoms with Crippen LogP contribution in [0.15, 0.2) is 47.4 Å². The van der Waals surface area contributed by atoms with Gasteiger partial charge in [0.25, 0.3) is 5.92 Å². The van der Waals surface area contributed by atoms with Crippen LogP contribution in [0.25, 0.3) is 0 Å². The number of ether oxygens (including phenoxy) is 2. The zero-order chi connectivity index (χ0) is 31.0. The number of carbonyl (C=O) groups is 1. The average molecular weight is 642 g/mol. The number of alkyl halides is 2. The number of carbonyl (C=O) groups excluding carboxylic acids is 1. The van der Waals surface area contributed by atoms with Crippen LogP contribution in [-0.2, 0) is 20.7 Å². The summed E-state index contributed by atoms with van der Waals surface area (Å²) in [6, 6.07) is 6.41. The summed E-state index contributed by atoms with van der Waals surface area (Å²) in [6.07, 6.45) is 8.16. The number of nitrogens with one attached hydrogen (secondary N) is 1. The Kier molecular flexibility index (Phi) is 11.7. The number of unbranched alkanes of at least 4 members (excludes halogenated alkanes) is 1. The van der Waals surface area contributed by atoms with E-state index < -0.39 is 33.5 Å². The van der Waals surface area contributed by atoms with E-state index in [2.05, 4.69) is 0 Å². The van der Waals surface area contributed by atoms with Crippen molar-refractivity contribution in [1.82, 2.24) is 9.62 Å². The molecule has 1 saturated heterocycles. The van der Waals surface area contributed by atoms with Gasteiger partial charge in [-0.1, -0.05) is 50.3 Å². The number of rotatable bonds is 13. The minimum Gasteiger partial charge on any atom is -0.493 e. The van der Waals surface area contributed by atoms with Crippen molar-refractivity contribution in [2.24, 2.45) is 11.7 Å². The molecule has 1 amide bonds. The summed E-state index contributed by atoms with van der Waals surface area (Å²) in [5.74, 6) is -3.99. The van der Waals surface area contributed by atoms with Crippen LogP contribution in [0.1, 0.15) is 70.3 Å². The highest BCUT2D eigenvalue weighted by atomic mass is 35.5. The molecule has 4 rings (SSSR count). The van der Waals surface area contributed by atoms with E-state index in [1.165, 1.54) is 54.5 Å². The SMILES string of the molecule is CCCCOc1cc(C(F)(F)[C@@H](NS(=O)(=O)c2ccc(OCC3CCCCC3)cc2)C(=O)N2CCC(N)CC2)ccc1Cl. The second kappa shape index (κ2) is 15.0. The number of nitrogens with two attached hydrogens (primary N) is 1. The molecular weight excluding hydrogens is 600 g/mol. The van der Waals surface area contributed by atoms with Crippen molar-refractivity contribution in [1.29, 1.82) is 0 Å². The molecule has 0 spiro atoms. The van der Waals surface area contributed by atoms with Gasteiger partial charge in [-0.25, -0.2) is 8.42 Å². The zero-order valence-corrected chi connectivity index (χ0v) is 26.1. The number of hydrogen-bond donors (Lipinski definition) is 2. The van der Waals surface area contributed by atoms with Crippen LogP contribution >= 0.6 is 11.6 Å². The molecule has 1 aliphatic carbocycles. The van der Waals surface area contributed by atoms with E-state index in [0.717, 1.165) is 31.4 Å². The molecule has 1 saturated carbocycles. The first kappa shape index (κ1) is 33.4. The number of sulfonamides is 1. The largest absolute Gasteiger partial charge is 0.493 e. The molecule has 0 unspecified atom stereocenters. The molecule has 1 heterocycles. The lowest BCUT2D eigenvalue weighted by Gasteiger charge is -2.35. The van der Waals surface area contributed by atoms with Crippen LogP contribution in [0.4, 0.5) is 8.78 Å². The van der Waals surface area contributed by atoms with E-state index in [4.69, 9.17) is 26.8 Å². The van der Waals surface area contributed by atoms with Crippen LogP contribution < -0.4 is 19.9 Å². The Bertz CT molecular complexity index is 1320. The van der Waals surface area contributed by atoms with E-state index in [1.807, 2.05) is 11.6 Å².